The Morgan fingerprint density at radius 1 is 1.10 bits per heavy atom. The summed E-state index contributed by atoms with van der Waals surface area (Å²) in [5, 5.41) is 2.89. The SMILES string of the molecule is CC(C)C1NC(=O)CCN(C(C)C2CCCCC2)C1=O. The van der Waals surface area contributed by atoms with Crippen molar-refractivity contribution in [1.82, 2.24) is 10.2 Å². The molecule has 20 heavy (non-hydrogen) atoms. The lowest BCUT2D eigenvalue weighted by molar-refractivity contribution is -0.137. The zero-order valence-electron chi connectivity index (χ0n) is 13.0. The molecule has 4 nitrogen and oxygen atoms in total. The van der Waals surface area contributed by atoms with Gasteiger partial charge in [-0.15, -0.1) is 0 Å². The lowest BCUT2D eigenvalue weighted by Gasteiger charge is -2.37. The van der Waals surface area contributed by atoms with Gasteiger partial charge in [-0.3, -0.25) is 9.59 Å². The van der Waals surface area contributed by atoms with E-state index in [4.69, 9.17) is 0 Å². The molecule has 0 aromatic carbocycles. The quantitative estimate of drug-likeness (QED) is 0.862. The fourth-order valence-corrected chi connectivity index (χ4v) is 3.55. The molecule has 1 saturated heterocycles. The van der Waals surface area contributed by atoms with E-state index in [1.54, 1.807) is 0 Å². The second-order valence-electron chi connectivity index (χ2n) is 6.71. The van der Waals surface area contributed by atoms with E-state index in [2.05, 4.69) is 12.2 Å². The lowest BCUT2D eigenvalue weighted by Crippen LogP contribution is -2.51. The first kappa shape index (κ1) is 15.3. The molecular formula is C16H28N2O2. The number of rotatable bonds is 3. The van der Waals surface area contributed by atoms with Crippen LogP contribution in [-0.4, -0.2) is 35.3 Å². The topological polar surface area (TPSA) is 49.4 Å². The Hall–Kier alpha value is -1.06. The second kappa shape index (κ2) is 6.59. The fourth-order valence-electron chi connectivity index (χ4n) is 3.55. The second-order valence-corrected chi connectivity index (χ2v) is 6.71. The van der Waals surface area contributed by atoms with E-state index in [-0.39, 0.29) is 29.8 Å². The molecule has 1 N–H and O–H groups in total. The third-order valence-corrected chi connectivity index (χ3v) is 4.94. The molecule has 0 aromatic heterocycles. The van der Waals surface area contributed by atoms with E-state index in [0.717, 1.165) is 0 Å². The largest absolute Gasteiger partial charge is 0.344 e. The summed E-state index contributed by atoms with van der Waals surface area (Å²) in [6.45, 7) is 6.74. The Labute approximate surface area is 122 Å². The fraction of sp³-hybridized carbons (Fsp3) is 0.875. The molecule has 0 spiro atoms. The van der Waals surface area contributed by atoms with Gasteiger partial charge in [-0.1, -0.05) is 33.1 Å². The smallest absolute Gasteiger partial charge is 0.245 e. The summed E-state index contributed by atoms with van der Waals surface area (Å²) >= 11 is 0. The van der Waals surface area contributed by atoms with Gasteiger partial charge in [0.2, 0.25) is 11.8 Å². The summed E-state index contributed by atoms with van der Waals surface area (Å²) < 4.78 is 0. The average Bonchev–Trinajstić information content (AvgIpc) is 2.59. The van der Waals surface area contributed by atoms with Crippen molar-refractivity contribution in [2.24, 2.45) is 11.8 Å². The maximum atomic E-state index is 12.7. The minimum atomic E-state index is -0.351. The first-order valence-electron chi connectivity index (χ1n) is 8.10. The van der Waals surface area contributed by atoms with E-state index in [1.165, 1.54) is 32.1 Å². The first-order valence-corrected chi connectivity index (χ1v) is 8.10. The van der Waals surface area contributed by atoms with E-state index in [0.29, 0.717) is 18.9 Å². The van der Waals surface area contributed by atoms with Crippen LogP contribution < -0.4 is 5.32 Å². The van der Waals surface area contributed by atoms with Crippen molar-refractivity contribution in [3.05, 3.63) is 0 Å². The number of hydrogen-bond acceptors (Lipinski definition) is 2. The van der Waals surface area contributed by atoms with Crippen molar-refractivity contribution in [2.45, 2.75) is 71.4 Å². The normalized spacial score (nSPS) is 27.4. The molecule has 0 bridgehead atoms. The van der Waals surface area contributed by atoms with E-state index < -0.39 is 0 Å². The van der Waals surface area contributed by atoms with Gasteiger partial charge in [0.25, 0.3) is 0 Å². The van der Waals surface area contributed by atoms with Crippen LogP contribution in [-0.2, 0) is 9.59 Å². The van der Waals surface area contributed by atoms with Crippen molar-refractivity contribution in [3.63, 3.8) is 0 Å². The maximum Gasteiger partial charge on any atom is 0.245 e. The summed E-state index contributed by atoms with van der Waals surface area (Å²) in [5.41, 5.74) is 0. The minimum absolute atomic E-state index is 0.00962. The molecule has 2 amide bonds. The van der Waals surface area contributed by atoms with E-state index in [1.807, 2.05) is 18.7 Å². The molecular weight excluding hydrogens is 252 g/mol. The number of hydrogen-bond donors (Lipinski definition) is 1. The highest BCUT2D eigenvalue weighted by molar-refractivity contribution is 5.90. The number of carbonyl (C=O) groups excluding carboxylic acids is 2. The standard InChI is InChI=1S/C16H28N2O2/c1-11(2)15-16(20)18(10-9-14(19)17-15)12(3)13-7-5-4-6-8-13/h11-13,15H,4-10H2,1-3H3,(H,17,19). The van der Waals surface area contributed by atoms with Gasteiger partial charge >= 0.3 is 0 Å². The van der Waals surface area contributed by atoms with Crippen LogP contribution in [0.25, 0.3) is 0 Å². The van der Waals surface area contributed by atoms with Crippen LogP contribution in [0.15, 0.2) is 0 Å². The zero-order valence-corrected chi connectivity index (χ0v) is 13.0. The molecule has 2 atom stereocenters. The van der Waals surface area contributed by atoms with E-state index >= 15 is 0 Å². The van der Waals surface area contributed by atoms with Gasteiger partial charge in [-0.05, 0) is 31.6 Å². The Balaban J connectivity index is 2.11. The van der Waals surface area contributed by atoms with Crippen LogP contribution in [0.4, 0.5) is 0 Å². The summed E-state index contributed by atoms with van der Waals surface area (Å²) in [7, 11) is 0. The molecule has 0 radical (unpaired) electrons. The van der Waals surface area contributed by atoms with Crippen molar-refractivity contribution >= 4 is 11.8 Å². The first-order chi connectivity index (χ1) is 9.50. The van der Waals surface area contributed by atoms with Crippen molar-refractivity contribution < 1.29 is 9.59 Å². The minimum Gasteiger partial charge on any atom is -0.344 e. The van der Waals surface area contributed by atoms with Gasteiger partial charge in [-0.25, -0.2) is 0 Å². The van der Waals surface area contributed by atoms with Crippen molar-refractivity contribution in [1.29, 1.82) is 0 Å². The predicted molar refractivity (Wildman–Crippen MR) is 79.1 cm³/mol. The molecule has 2 unspecified atom stereocenters. The average molecular weight is 280 g/mol. The van der Waals surface area contributed by atoms with Gasteiger partial charge in [-0.2, -0.15) is 0 Å². The molecule has 2 rings (SSSR count). The van der Waals surface area contributed by atoms with Gasteiger partial charge in [0.05, 0.1) is 0 Å². The number of nitrogens with one attached hydrogen (secondary N) is 1. The lowest BCUT2D eigenvalue weighted by atomic mass is 9.83. The number of amides is 2. The van der Waals surface area contributed by atoms with Crippen molar-refractivity contribution in [3.8, 4) is 0 Å². The summed E-state index contributed by atoms with van der Waals surface area (Å²) in [4.78, 5) is 26.5. The zero-order chi connectivity index (χ0) is 14.7. The van der Waals surface area contributed by atoms with Crippen LogP contribution in [0.3, 0.4) is 0 Å². The third kappa shape index (κ3) is 3.33. The number of nitrogens with zero attached hydrogens (tertiary/aromatic N) is 1. The molecule has 1 heterocycles. The van der Waals surface area contributed by atoms with Crippen LogP contribution in [0, 0.1) is 11.8 Å². The monoisotopic (exact) mass is 280 g/mol. The Bertz CT molecular complexity index is 361. The maximum absolute atomic E-state index is 12.7. The molecule has 114 valence electrons. The number of carbonyl (C=O) groups is 2. The highest BCUT2D eigenvalue weighted by Crippen LogP contribution is 2.30. The summed E-state index contributed by atoms with van der Waals surface area (Å²) in [6, 6.07) is -0.0900. The van der Waals surface area contributed by atoms with Crippen LogP contribution in [0.2, 0.25) is 0 Å². The molecule has 1 aliphatic carbocycles. The molecule has 1 saturated carbocycles. The Morgan fingerprint density at radius 3 is 2.35 bits per heavy atom. The van der Waals surface area contributed by atoms with Gasteiger partial charge in [0, 0.05) is 19.0 Å². The molecule has 1 aliphatic heterocycles. The molecule has 0 aromatic rings. The van der Waals surface area contributed by atoms with Crippen LogP contribution in [0.5, 0.6) is 0 Å². The highest BCUT2D eigenvalue weighted by Gasteiger charge is 2.36. The van der Waals surface area contributed by atoms with Crippen LogP contribution in [0.1, 0.15) is 59.3 Å². The highest BCUT2D eigenvalue weighted by atomic mass is 16.2. The Kier molecular flexibility index (Phi) is 5.06. The Morgan fingerprint density at radius 2 is 1.75 bits per heavy atom. The molecule has 2 aliphatic rings. The molecule has 2 fully saturated rings. The van der Waals surface area contributed by atoms with Gasteiger partial charge < -0.3 is 10.2 Å². The predicted octanol–water partition coefficient (Wildman–Crippen LogP) is 2.33. The van der Waals surface area contributed by atoms with Crippen LogP contribution >= 0.6 is 0 Å². The molecule has 4 heteroatoms. The van der Waals surface area contributed by atoms with Gasteiger partial charge in [0.15, 0.2) is 0 Å². The third-order valence-electron chi connectivity index (χ3n) is 4.94. The van der Waals surface area contributed by atoms with Gasteiger partial charge in [0.1, 0.15) is 6.04 Å². The van der Waals surface area contributed by atoms with Crippen molar-refractivity contribution in [2.75, 3.05) is 6.54 Å². The summed E-state index contributed by atoms with van der Waals surface area (Å²) in [5.74, 6) is 0.874. The van der Waals surface area contributed by atoms with E-state index in [9.17, 15) is 9.59 Å². The summed E-state index contributed by atoms with van der Waals surface area (Å²) in [6.07, 6.45) is 6.76.